The number of hydrogen-bond acceptors (Lipinski definition) is 6. The zero-order valence-corrected chi connectivity index (χ0v) is 20.3. The minimum atomic E-state index is -3.58. The van der Waals surface area contributed by atoms with Gasteiger partial charge in [-0.2, -0.15) is 0 Å². The molecule has 2 aromatic carbocycles. The van der Waals surface area contributed by atoms with Gasteiger partial charge in [-0.05, 0) is 43.5 Å². The molecule has 0 radical (unpaired) electrons. The number of amides is 2. The highest BCUT2D eigenvalue weighted by atomic mass is 32.2. The maximum atomic E-state index is 12.6. The fourth-order valence-corrected chi connectivity index (χ4v) is 4.76. The van der Waals surface area contributed by atoms with Crippen LogP contribution in [-0.4, -0.2) is 59.4 Å². The van der Waals surface area contributed by atoms with E-state index in [2.05, 4.69) is 10.6 Å². The summed E-state index contributed by atoms with van der Waals surface area (Å²) in [6.07, 6.45) is 3.40. The molecule has 9 nitrogen and oxygen atoms in total. The molecule has 1 aliphatic rings. The molecule has 2 aromatic rings. The molecule has 184 valence electrons. The summed E-state index contributed by atoms with van der Waals surface area (Å²) in [5.41, 5.74) is 1.18. The number of hydrogen-bond donors (Lipinski definition) is 2. The van der Waals surface area contributed by atoms with Crippen LogP contribution in [0.3, 0.4) is 0 Å². The highest BCUT2D eigenvalue weighted by molar-refractivity contribution is 7.92. The van der Waals surface area contributed by atoms with Gasteiger partial charge in [0.05, 0.1) is 36.4 Å². The molecular weight excluding hydrogens is 458 g/mol. The van der Waals surface area contributed by atoms with E-state index in [4.69, 9.17) is 9.47 Å². The van der Waals surface area contributed by atoms with E-state index in [1.165, 1.54) is 11.4 Å². The Labute approximate surface area is 200 Å². The van der Waals surface area contributed by atoms with Crippen molar-refractivity contribution in [1.82, 2.24) is 5.32 Å². The number of carbonyl (C=O) groups excluding carboxylic acids is 2. The number of para-hydroxylation sites is 3. The van der Waals surface area contributed by atoms with Crippen LogP contribution in [0.5, 0.6) is 5.75 Å². The third-order valence-electron chi connectivity index (χ3n) is 5.48. The molecule has 2 amide bonds. The number of methoxy groups -OCH3 is 1. The van der Waals surface area contributed by atoms with E-state index in [0.717, 1.165) is 19.1 Å². The maximum absolute atomic E-state index is 12.6. The first-order valence-electron chi connectivity index (χ1n) is 11.2. The van der Waals surface area contributed by atoms with Crippen molar-refractivity contribution in [3.8, 4) is 5.75 Å². The molecule has 1 heterocycles. The minimum Gasteiger partial charge on any atom is -0.495 e. The number of carbonyl (C=O) groups is 2. The molecule has 0 spiro atoms. The monoisotopic (exact) mass is 489 g/mol. The van der Waals surface area contributed by atoms with Gasteiger partial charge in [0.1, 0.15) is 5.75 Å². The van der Waals surface area contributed by atoms with Gasteiger partial charge in [0.15, 0.2) is 0 Å². The lowest BCUT2D eigenvalue weighted by Gasteiger charge is -2.24. The average molecular weight is 490 g/mol. The number of rotatable bonds is 11. The molecular formula is C24H31N3O6S. The molecule has 10 heteroatoms. The molecule has 34 heavy (non-hydrogen) atoms. The SMILES string of the molecule is COc1ccccc1N(CCCC(=O)Nc1ccccc1C(=O)NC[C@@H]1CCCO1)S(C)(=O)=O. The summed E-state index contributed by atoms with van der Waals surface area (Å²) in [6.45, 7) is 1.24. The number of sulfonamides is 1. The first kappa shape index (κ1) is 25.5. The number of nitrogens with zero attached hydrogens (tertiary/aromatic N) is 1. The van der Waals surface area contributed by atoms with Crippen molar-refractivity contribution in [3.05, 3.63) is 54.1 Å². The third-order valence-corrected chi connectivity index (χ3v) is 6.66. The van der Waals surface area contributed by atoms with E-state index >= 15 is 0 Å². The van der Waals surface area contributed by atoms with Gasteiger partial charge in [-0.3, -0.25) is 13.9 Å². The van der Waals surface area contributed by atoms with Gasteiger partial charge >= 0.3 is 0 Å². The standard InChI is InChI=1S/C24H31N3O6S/c1-32-22-13-6-5-12-21(22)27(34(2,30)31)15-7-14-23(28)26-20-11-4-3-10-19(20)24(29)25-17-18-9-8-16-33-18/h3-6,10-13,18H,7-9,14-17H2,1-2H3,(H,25,29)(H,26,28)/t18-/m0/s1. The highest BCUT2D eigenvalue weighted by Crippen LogP contribution is 2.29. The molecule has 0 unspecified atom stereocenters. The van der Waals surface area contributed by atoms with E-state index in [1.807, 2.05) is 0 Å². The summed E-state index contributed by atoms with van der Waals surface area (Å²) < 4.78 is 36.8. The molecule has 0 bridgehead atoms. The van der Waals surface area contributed by atoms with Crippen molar-refractivity contribution in [2.75, 3.05) is 42.7 Å². The molecule has 1 aliphatic heterocycles. The number of nitrogens with one attached hydrogen (secondary N) is 2. The average Bonchev–Trinajstić information content (AvgIpc) is 3.33. The van der Waals surface area contributed by atoms with Crippen molar-refractivity contribution in [1.29, 1.82) is 0 Å². The Morgan fingerprint density at radius 1 is 1.15 bits per heavy atom. The van der Waals surface area contributed by atoms with Crippen LogP contribution in [0, 0.1) is 0 Å². The Morgan fingerprint density at radius 3 is 2.59 bits per heavy atom. The number of ether oxygens (including phenoxy) is 2. The number of anilines is 2. The summed E-state index contributed by atoms with van der Waals surface area (Å²) in [6, 6.07) is 13.6. The summed E-state index contributed by atoms with van der Waals surface area (Å²) >= 11 is 0. The van der Waals surface area contributed by atoms with Gasteiger partial charge in [0.25, 0.3) is 5.91 Å². The zero-order valence-electron chi connectivity index (χ0n) is 19.5. The van der Waals surface area contributed by atoms with Crippen molar-refractivity contribution >= 4 is 33.2 Å². The van der Waals surface area contributed by atoms with Crippen LogP contribution in [0.15, 0.2) is 48.5 Å². The Kier molecular flexibility index (Phi) is 8.89. The van der Waals surface area contributed by atoms with E-state index in [0.29, 0.717) is 35.8 Å². The highest BCUT2D eigenvalue weighted by Gasteiger charge is 2.22. The van der Waals surface area contributed by atoms with Crippen LogP contribution in [0.25, 0.3) is 0 Å². The summed E-state index contributed by atoms with van der Waals surface area (Å²) in [4.78, 5) is 25.2. The van der Waals surface area contributed by atoms with Gasteiger partial charge in [-0.1, -0.05) is 24.3 Å². The normalized spacial score (nSPS) is 15.5. The predicted octanol–water partition coefficient (Wildman–Crippen LogP) is 2.79. The predicted molar refractivity (Wildman–Crippen MR) is 131 cm³/mol. The molecule has 0 aromatic heterocycles. The van der Waals surface area contributed by atoms with Gasteiger partial charge in [-0.15, -0.1) is 0 Å². The summed E-state index contributed by atoms with van der Waals surface area (Å²) in [7, 11) is -2.11. The topological polar surface area (TPSA) is 114 Å². The molecule has 1 saturated heterocycles. The van der Waals surface area contributed by atoms with E-state index in [1.54, 1.807) is 48.5 Å². The van der Waals surface area contributed by atoms with Gasteiger partial charge in [0.2, 0.25) is 15.9 Å². The van der Waals surface area contributed by atoms with Crippen LogP contribution in [0.4, 0.5) is 11.4 Å². The smallest absolute Gasteiger partial charge is 0.253 e. The molecule has 0 aliphatic carbocycles. The minimum absolute atomic E-state index is 0.0201. The van der Waals surface area contributed by atoms with Crippen molar-refractivity contribution < 1.29 is 27.5 Å². The Bertz CT molecular complexity index is 1100. The van der Waals surface area contributed by atoms with Crippen molar-refractivity contribution in [3.63, 3.8) is 0 Å². The second kappa shape index (κ2) is 11.8. The van der Waals surface area contributed by atoms with Gasteiger partial charge in [-0.25, -0.2) is 8.42 Å². The van der Waals surface area contributed by atoms with Crippen LogP contribution in [0.2, 0.25) is 0 Å². The molecule has 1 atom stereocenters. The lowest BCUT2D eigenvalue weighted by Crippen LogP contribution is -2.32. The summed E-state index contributed by atoms with van der Waals surface area (Å²) in [5, 5.41) is 5.63. The fourth-order valence-electron chi connectivity index (χ4n) is 3.79. The van der Waals surface area contributed by atoms with Crippen molar-refractivity contribution in [2.45, 2.75) is 31.8 Å². The number of benzene rings is 2. The van der Waals surface area contributed by atoms with Crippen molar-refractivity contribution in [2.24, 2.45) is 0 Å². The lowest BCUT2D eigenvalue weighted by molar-refractivity contribution is -0.116. The second-order valence-electron chi connectivity index (χ2n) is 8.05. The van der Waals surface area contributed by atoms with Crippen LogP contribution in [-0.2, 0) is 19.6 Å². The molecule has 3 rings (SSSR count). The van der Waals surface area contributed by atoms with E-state index in [-0.39, 0.29) is 37.3 Å². The van der Waals surface area contributed by atoms with Crippen LogP contribution >= 0.6 is 0 Å². The molecule has 1 fully saturated rings. The first-order valence-corrected chi connectivity index (χ1v) is 13.0. The second-order valence-corrected chi connectivity index (χ2v) is 9.96. The van der Waals surface area contributed by atoms with Crippen LogP contribution in [0.1, 0.15) is 36.0 Å². The van der Waals surface area contributed by atoms with Crippen LogP contribution < -0.4 is 19.7 Å². The summed E-state index contributed by atoms with van der Waals surface area (Å²) in [5.74, 6) is -0.168. The first-order chi connectivity index (χ1) is 16.3. The fraction of sp³-hybridized carbons (Fsp3) is 0.417. The molecule has 0 saturated carbocycles. The van der Waals surface area contributed by atoms with Gasteiger partial charge < -0.3 is 20.1 Å². The van der Waals surface area contributed by atoms with E-state index < -0.39 is 10.0 Å². The largest absolute Gasteiger partial charge is 0.495 e. The third kappa shape index (κ3) is 6.94. The Hall–Kier alpha value is -3.11. The maximum Gasteiger partial charge on any atom is 0.253 e. The Balaban J connectivity index is 1.58. The quantitative estimate of drug-likeness (QED) is 0.502. The zero-order chi connectivity index (χ0) is 24.6. The molecule has 2 N–H and O–H groups in total. The Morgan fingerprint density at radius 2 is 1.88 bits per heavy atom. The van der Waals surface area contributed by atoms with E-state index in [9.17, 15) is 18.0 Å². The lowest BCUT2D eigenvalue weighted by atomic mass is 10.1. The van der Waals surface area contributed by atoms with Gasteiger partial charge in [0, 0.05) is 26.1 Å².